The van der Waals surface area contributed by atoms with Gasteiger partial charge < -0.3 is 23.7 Å². The maximum Gasteiger partial charge on any atom is 0.309 e. The molecule has 5 unspecified atom stereocenters. The molecular weight excluding hydrogens is 384 g/mol. The molecule has 2 aliphatic heterocycles. The SMILES string of the molecule is COC[C@@H]1CCCC1C(=O)OC1CC[C@]2(CO2)C(C2(C)O[C@@H]2CC=C(C)C)C1OC. The molecule has 2 saturated heterocycles. The molecule has 2 saturated carbocycles. The van der Waals surface area contributed by atoms with Gasteiger partial charge in [0.15, 0.2) is 0 Å². The maximum absolute atomic E-state index is 13.0. The Morgan fingerprint density at radius 1 is 1.20 bits per heavy atom. The molecular formula is C24H38O6. The molecule has 2 heterocycles. The molecule has 0 N–H and O–H groups in total. The van der Waals surface area contributed by atoms with Gasteiger partial charge in [0.1, 0.15) is 23.4 Å². The molecule has 0 radical (unpaired) electrons. The highest BCUT2D eigenvalue weighted by Crippen LogP contribution is 2.59. The van der Waals surface area contributed by atoms with Crippen LogP contribution in [0.4, 0.5) is 0 Å². The molecule has 0 aromatic heterocycles. The highest BCUT2D eigenvalue weighted by Gasteiger charge is 2.72. The molecule has 2 aliphatic carbocycles. The van der Waals surface area contributed by atoms with Crippen molar-refractivity contribution in [1.82, 2.24) is 0 Å². The van der Waals surface area contributed by atoms with E-state index in [9.17, 15) is 4.79 Å². The monoisotopic (exact) mass is 422 g/mol. The van der Waals surface area contributed by atoms with Gasteiger partial charge in [0.2, 0.25) is 0 Å². The summed E-state index contributed by atoms with van der Waals surface area (Å²) in [5.74, 6) is 0.178. The van der Waals surface area contributed by atoms with Gasteiger partial charge in [-0.1, -0.05) is 18.1 Å². The zero-order valence-electron chi connectivity index (χ0n) is 19.1. The van der Waals surface area contributed by atoms with Gasteiger partial charge in [0.05, 0.1) is 24.5 Å². The van der Waals surface area contributed by atoms with Gasteiger partial charge in [-0.05, 0) is 58.8 Å². The standard InChI is InChI=1S/C24H38O6/c1-15(2)9-10-19-23(3,30-19)21-20(27-5)18(11-12-24(21)14-28-24)29-22(25)17-8-6-7-16(17)13-26-4/h9,16-21H,6-8,10-14H2,1-5H3/t16-,17?,18?,19+,20?,21?,23?,24-/m0/s1. The minimum Gasteiger partial charge on any atom is -0.459 e. The summed E-state index contributed by atoms with van der Waals surface area (Å²) in [6.07, 6.45) is 7.46. The van der Waals surface area contributed by atoms with E-state index < -0.39 is 0 Å². The highest BCUT2D eigenvalue weighted by atomic mass is 16.6. The predicted octanol–water partition coefficient (Wildman–Crippen LogP) is 3.67. The molecule has 0 bridgehead atoms. The van der Waals surface area contributed by atoms with E-state index in [2.05, 4.69) is 26.8 Å². The third kappa shape index (κ3) is 4.08. The number of allylic oxidation sites excluding steroid dienone is 1. The van der Waals surface area contributed by atoms with E-state index in [-0.39, 0.29) is 53.2 Å². The summed E-state index contributed by atoms with van der Waals surface area (Å²) in [7, 11) is 3.42. The Morgan fingerprint density at radius 3 is 2.60 bits per heavy atom. The fraction of sp³-hybridized carbons (Fsp3) is 0.875. The van der Waals surface area contributed by atoms with Crippen LogP contribution in [-0.4, -0.2) is 62.9 Å². The Balaban J connectivity index is 1.47. The van der Waals surface area contributed by atoms with Crippen LogP contribution in [0.1, 0.15) is 59.3 Å². The summed E-state index contributed by atoms with van der Waals surface area (Å²) < 4.78 is 29.7. The average molecular weight is 423 g/mol. The van der Waals surface area contributed by atoms with Crippen LogP contribution < -0.4 is 0 Å². The molecule has 4 aliphatic rings. The van der Waals surface area contributed by atoms with Crippen LogP contribution in [-0.2, 0) is 28.5 Å². The van der Waals surface area contributed by atoms with Crippen molar-refractivity contribution in [3.63, 3.8) is 0 Å². The van der Waals surface area contributed by atoms with Gasteiger partial charge in [-0.15, -0.1) is 0 Å². The first-order chi connectivity index (χ1) is 14.3. The van der Waals surface area contributed by atoms with E-state index >= 15 is 0 Å². The number of carbonyl (C=O) groups is 1. The summed E-state index contributed by atoms with van der Waals surface area (Å²) in [5, 5.41) is 0. The van der Waals surface area contributed by atoms with Crippen LogP contribution in [0.5, 0.6) is 0 Å². The lowest BCUT2D eigenvalue weighted by Gasteiger charge is -2.43. The largest absolute Gasteiger partial charge is 0.459 e. The number of esters is 1. The van der Waals surface area contributed by atoms with Crippen LogP contribution >= 0.6 is 0 Å². The van der Waals surface area contributed by atoms with Crippen molar-refractivity contribution in [3.8, 4) is 0 Å². The highest BCUT2D eigenvalue weighted by molar-refractivity contribution is 5.73. The first kappa shape index (κ1) is 22.3. The van der Waals surface area contributed by atoms with Gasteiger partial charge in [0, 0.05) is 20.8 Å². The number of hydrogen-bond donors (Lipinski definition) is 0. The number of carbonyl (C=O) groups excluding carboxylic acids is 1. The fourth-order valence-electron chi connectivity index (χ4n) is 6.07. The minimum absolute atomic E-state index is 0.0628. The number of rotatable bonds is 8. The molecule has 30 heavy (non-hydrogen) atoms. The summed E-state index contributed by atoms with van der Waals surface area (Å²) in [4.78, 5) is 13.0. The van der Waals surface area contributed by atoms with Gasteiger partial charge in [0.25, 0.3) is 0 Å². The lowest BCUT2D eigenvalue weighted by molar-refractivity contribution is -0.177. The molecule has 6 heteroatoms. The average Bonchev–Trinajstić information content (AvgIpc) is 3.56. The Morgan fingerprint density at radius 2 is 1.97 bits per heavy atom. The molecule has 4 fully saturated rings. The molecule has 4 rings (SSSR count). The van der Waals surface area contributed by atoms with Crippen LogP contribution in [0.15, 0.2) is 11.6 Å². The second-order valence-corrected chi connectivity index (χ2v) is 10.1. The smallest absolute Gasteiger partial charge is 0.309 e. The number of ether oxygens (including phenoxy) is 5. The molecule has 0 aromatic rings. The zero-order chi connectivity index (χ0) is 21.5. The van der Waals surface area contributed by atoms with E-state index in [0.29, 0.717) is 6.61 Å². The summed E-state index contributed by atoms with van der Waals surface area (Å²) >= 11 is 0. The quantitative estimate of drug-likeness (QED) is 0.338. The molecule has 0 aromatic carbocycles. The van der Waals surface area contributed by atoms with Gasteiger partial charge >= 0.3 is 5.97 Å². The molecule has 0 amide bonds. The number of methoxy groups -OCH3 is 2. The third-order valence-corrected chi connectivity index (χ3v) is 7.85. The van der Waals surface area contributed by atoms with Gasteiger partial charge in [-0.25, -0.2) is 0 Å². The van der Waals surface area contributed by atoms with E-state index in [0.717, 1.165) is 45.1 Å². The van der Waals surface area contributed by atoms with E-state index in [1.807, 2.05) is 0 Å². The Bertz CT molecular complexity index is 667. The number of hydrogen-bond acceptors (Lipinski definition) is 6. The minimum atomic E-state index is -0.305. The van der Waals surface area contributed by atoms with E-state index in [4.69, 9.17) is 23.7 Å². The first-order valence-electron chi connectivity index (χ1n) is 11.5. The van der Waals surface area contributed by atoms with Gasteiger partial charge in [-0.3, -0.25) is 4.79 Å². The van der Waals surface area contributed by atoms with Crippen LogP contribution in [0, 0.1) is 17.8 Å². The summed E-state index contributed by atoms with van der Waals surface area (Å²) in [5.41, 5.74) is 0.801. The predicted molar refractivity (Wildman–Crippen MR) is 112 cm³/mol. The first-order valence-corrected chi connectivity index (χ1v) is 11.5. The van der Waals surface area contributed by atoms with Crippen molar-refractivity contribution in [2.75, 3.05) is 27.4 Å². The van der Waals surface area contributed by atoms with Crippen LogP contribution in [0.2, 0.25) is 0 Å². The molecule has 170 valence electrons. The third-order valence-electron chi connectivity index (χ3n) is 7.85. The van der Waals surface area contributed by atoms with Crippen molar-refractivity contribution >= 4 is 5.97 Å². The fourth-order valence-corrected chi connectivity index (χ4v) is 6.07. The summed E-state index contributed by atoms with van der Waals surface area (Å²) in [6.45, 7) is 7.76. The van der Waals surface area contributed by atoms with E-state index in [1.54, 1.807) is 14.2 Å². The van der Waals surface area contributed by atoms with Crippen molar-refractivity contribution < 1.29 is 28.5 Å². The lowest BCUT2D eigenvalue weighted by Crippen LogP contribution is -2.56. The lowest BCUT2D eigenvalue weighted by atomic mass is 9.68. The zero-order valence-corrected chi connectivity index (χ0v) is 19.1. The van der Waals surface area contributed by atoms with Crippen molar-refractivity contribution in [1.29, 1.82) is 0 Å². The normalized spacial score (nSPS) is 44.7. The number of epoxide rings is 2. The molecule has 1 spiro atoms. The Labute approximate surface area is 180 Å². The Kier molecular flexibility index (Phi) is 6.33. The molecule has 8 atom stereocenters. The van der Waals surface area contributed by atoms with E-state index in [1.165, 1.54) is 5.57 Å². The second-order valence-electron chi connectivity index (χ2n) is 10.1. The molecule has 6 nitrogen and oxygen atoms in total. The van der Waals surface area contributed by atoms with Gasteiger partial charge in [-0.2, -0.15) is 0 Å². The Hall–Kier alpha value is -0.950. The van der Waals surface area contributed by atoms with Crippen LogP contribution in [0.3, 0.4) is 0 Å². The van der Waals surface area contributed by atoms with Crippen molar-refractivity contribution in [2.24, 2.45) is 17.8 Å². The topological polar surface area (TPSA) is 69.8 Å². The second kappa shape index (κ2) is 8.53. The van der Waals surface area contributed by atoms with Crippen molar-refractivity contribution in [3.05, 3.63) is 11.6 Å². The van der Waals surface area contributed by atoms with Crippen LogP contribution in [0.25, 0.3) is 0 Å². The van der Waals surface area contributed by atoms with Crippen molar-refractivity contribution in [2.45, 2.75) is 88.8 Å². The maximum atomic E-state index is 13.0. The summed E-state index contributed by atoms with van der Waals surface area (Å²) in [6, 6.07) is 0.